The van der Waals surface area contributed by atoms with Gasteiger partial charge in [0.2, 0.25) is 0 Å². The summed E-state index contributed by atoms with van der Waals surface area (Å²) in [5.74, 6) is 6.06. The van der Waals surface area contributed by atoms with Crippen molar-refractivity contribution in [1.82, 2.24) is 0 Å². The fourth-order valence-corrected chi connectivity index (χ4v) is 1.40. The lowest BCUT2D eigenvalue weighted by Gasteiger charge is -2.19. The average Bonchev–Trinajstić information content (AvgIpc) is 2.30. The second-order valence-electron chi connectivity index (χ2n) is 3.76. The van der Waals surface area contributed by atoms with Gasteiger partial charge in [-0.1, -0.05) is 30.0 Å². The van der Waals surface area contributed by atoms with Crippen molar-refractivity contribution in [2.24, 2.45) is 0 Å². The zero-order valence-electron chi connectivity index (χ0n) is 9.98. The van der Waals surface area contributed by atoms with E-state index in [4.69, 9.17) is 5.11 Å². The quantitative estimate of drug-likeness (QED) is 0.782. The van der Waals surface area contributed by atoms with Crippen LogP contribution in [0.25, 0.3) is 0 Å². The van der Waals surface area contributed by atoms with Gasteiger partial charge in [0, 0.05) is 18.7 Å². The summed E-state index contributed by atoms with van der Waals surface area (Å²) in [6.07, 6.45) is 0.214. The summed E-state index contributed by atoms with van der Waals surface area (Å²) in [7, 11) is 0. The fraction of sp³-hybridized carbons (Fsp3) is 0.429. The summed E-state index contributed by atoms with van der Waals surface area (Å²) in [5, 5.41) is 9.08. The first-order chi connectivity index (χ1) is 7.74. The monoisotopic (exact) mass is 217 g/mol. The van der Waals surface area contributed by atoms with E-state index in [1.165, 1.54) is 5.69 Å². The highest BCUT2D eigenvalue weighted by Gasteiger charge is 1.99. The lowest BCUT2D eigenvalue weighted by molar-refractivity contribution is 0.201. The molecular formula is C14H19NO. The molecule has 16 heavy (non-hydrogen) atoms. The van der Waals surface area contributed by atoms with E-state index in [0.717, 1.165) is 6.54 Å². The van der Waals surface area contributed by atoms with Gasteiger partial charge in [0.15, 0.2) is 0 Å². The van der Waals surface area contributed by atoms with Gasteiger partial charge in [-0.3, -0.25) is 0 Å². The van der Waals surface area contributed by atoms with E-state index in [2.05, 4.69) is 35.8 Å². The Labute approximate surface area is 97.9 Å². The number of para-hydroxylation sites is 1. The van der Waals surface area contributed by atoms with Crippen LogP contribution in [0.15, 0.2) is 30.3 Å². The van der Waals surface area contributed by atoms with Crippen molar-refractivity contribution in [1.29, 1.82) is 0 Å². The average molecular weight is 217 g/mol. The largest absolute Gasteiger partial charge is 0.392 e. The molecule has 0 saturated carbocycles. The van der Waals surface area contributed by atoms with Crippen LogP contribution in [-0.2, 0) is 0 Å². The minimum absolute atomic E-state index is 0.334. The number of nitrogens with zero attached hydrogens (tertiary/aromatic N) is 1. The molecule has 0 spiro atoms. The van der Waals surface area contributed by atoms with E-state index in [0.29, 0.717) is 13.0 Å². The molecule has 1 rings (SSSR count). The molecule has 2 heteroatoms. The topological polar surface area (TPSA) is 23.5 Å². The molecule has 0 bridgehead atoms. The molecule has 1 unspecified atom stereocenters. The van der Waals surface area contributed by atoms with E-state index in [1.807, 2.05) is 18.2 Å². The third kappa shape index (κ3) is 4.37. The number of aliphatic hydroxyl groups is 1. The van der Waals surface area contributed by atoms with Crippen LogP contribution in [0.1, 0.15) is 20.3 Å². The van der Waals surface area contributed by atoms with Crippen molar-refractivity contribution >= 4 is 5.69 Å². The Morgan fingerprint density at radius 2 is 1.94 bits per heavy atom. The van der Waals surface area contributed by atoms with Crippen molar-refractivity contribution < 1.29 is 5.11 Å². The second kappa shape index (κ2) is 6.92. The molecule has 0 heterocycles. The Hall–Kier alpha value is -1.46. The Morgan fingerprint density at radius 1 is 1.25 bits per heavy atom. The summed E-state index contributed by atoms with van der Waals surface area (Å²) in [4.78, 5) is 2.20. The first-order valence-corrected chi connectivity index (χ1v) is 5.67. The molecule has 0 fully saturated rings. The molecular weight excluding hydrogens is 198 g/mol. The van der Waals surface area contributed by atoms with Crippen molar-refractivity contribution in [3.05, 3.63) is 30.3 Å². The number of anilines is 1. The van der Waals surface area contributed by atoms with Gasteiger partial charge in [-0.25, -0.2) is 0 Å². The van der Waals surface area contributed by atoms with Crippen LogP contribution in [-0.4, -0.2) is 24.3 Å². The van der Waals surface area contributed by atoms with Crippen molar-refractivity contribution in [2.75, 3.05) is 18.0 Å². The maximum absolute atomic E-state index is 9.08. The highest BCUT2D eigenvalue weighted by molar-refractivity contribution is 5.46. The maximum atomic E-state index is 9.08. The number of hydrogen-bond acceptors (Lipinski definition) is 2. The first-order valence-electron chi connectivity index (χ1n) is 5.67. The smallest absolute Gasteiger partial charge is 0.0794 e. The van der Waals surface area contributed by atoms with Gasteiger partial charge in [-0.2, -0.15) is 0 Å². The summed E-state index contributed by atoms with van der Waals surface area (Å²) in [5.41, 5.74) is 1.19. The highest BCUT2D eigenvalue weighted by atomic mass is 16.3. The van der Waals surface area contributed by atoms with Crippen LogP contribution in [0.3, 0.4) is 0 Å². The van der Waals surface area contributed by atoms with Gasteiger partial charge in [-0.15, -0.1) is 0 Å². The van der Waals surface area contributed by atoms with E-state index < -0.39 is 0 Å². The molecule has 2 nitrogen and oxygen atoms in total. The lowest BCUT2D eigenvalue weighted by Crippen LogP contribution is -2.22. The molecule has 0 aromatic heterocycles. The molecule has 0 aliphatic carbocycles. The van der Waals surface area contributed by atoms with Crippen LogP contribution >= 0.6 is 0 Å². The van der Waals surface area contributed by atoms with Gasteiger partial charge >= 0.3 is 0 Å². The Kier molecular flexibility index (Phi) is 5.45. The molecule has 0 aliphatic rings. The molecule has 0 saturated heterocycles. The third-order valence-corrected chi connectivity index (χ3v) is 2.30. The standard InChI is InChI=1S/C14H19NO/c1-3-15(12-8-7-9-13(2)16)14-10-5-4-6-11-14/h4-6,10-11,13,16H,3,9,12H2,1-2H3. The lowest BCUT2D eigenvalue weighted by atomic mass is 10.2. The van der Waals surface area contributed by atoms with Gasteiger partial charge in [0.25, 0.3) is 0 Å². The number of rotatable bonds is 4. The molecule has 0 radical (unpaired) electrons. The molecule has 1 aromatic carbocycles. The Bertz CT molecular complexity index is 348. The summed E-state index contributed by atoms with van der Waals surface area (Å²) >= 11 is 0. The SMILES string of the molecule is CCN(CC#CCC(C)O)c1ccccc1. The molecule has 1 N–H and O–H groups in total. The summed E-state index contributed by atoms with van der Waals surface area (Å²) in [6, 6.07) is 10.2. The molecule has 86 valence electrons. The van der Waals surface area contributed by atoms with Gasteiger partial charge in [0.05, 0.1) is 12.6 Å². The summed E-state index contributed by atoms with van der Waals surface area (Å²) in [6.45, 7) is 5.52. The molecule has 0 aliphatic heterocycles. The first kappa shape index (κ1) is 12.6. The summed E-state index contributed by atoms with van der Waals surface area (Å²) < 4.78 is 0. The predicted octanol–water partition coefficient (Wildman–Crippen LogP) is 2.29. The number of hydrogen-bond donors (Lipinski definition) is 1. The zero-order chi connectivity index (χ0) is 11.8. The normalized spacial score (nSPS) is 11.4. The van der Waals surface area contributed by atoms with Gasteiger partial charge < -0.3 is 10.0 Å². The number of benzene rings is 1. The maximum Gasteiger partial charge on any atom is 0.0794 e. The molecule has 0 amide bonds. The van der Waals surface area contributed by atoms with Crippen LogP contribution in [0.5, 0.6) is 0 Å². The van der Waals surface area contributed by atoms with Crippen molar-refractivity contribution in [2.45, 2.75) is 26.4 Å². The van der Waals surface area contributed by atoms with Crippen LogP contribution in [0, 0.1) is 11.8 Å². The predicted molar refractivity (Wildman–Crippen MR) is 68.4 cm³/mol. The fourth-order valence-electron chi connectivity index (χ4n) is 1.40. The minimum Gasteiger partial charge on any atom is -0.392 e. The van der Waals surface area contributed by atoms with E-state index in [-0.39, 0.29) is 6.10 Å². The van der Waals surface area contributed by atoms with E-state index >= 15 is 0 Å². The van der Waals surface area contributed by atoms with Crippen LogP contribution in [0.4, 0.5) is 5.69 Å². The number of aliphatic hydroxyl groups excluding tert-OH is 1. The van der Waals surface area contributed by atoms with Gasteiger partial charge in [0.1, 0.15) is 0 Å². The Balaban J connectivity index is 2.52. The van der Waals surface area contributed by atoms with Gasteiger partial charge in [-0.05, 0) is 26.0 Å². The molecule has 1 atom stereocenters. The molecule has 1 aromatic rings. The van der Waals surface area contributed by atoms with Crippen molar-refractivity contribution in [3.63, 3.8) is 0 Å². The van der Waals surface area contributed by atoms with Crippen molar-refractivity contribution in [3.8, 4) is 11.8 Å². The van der Waals surface area contributed by atoms with Crippen LogP contribution in [0.2, 0.25) is 0 Å². The van der Waals surface area contributed by atoms with Crippen LogP contribution < -0.4 is 4.90 Å². The Morgan fingerprint density at radius 3 is 2.50 bits per heavy atom. The highest BCUT2D eigenvalue weighted by Crippen LogP contribution is 2.11. The zero-order valence-corrected chi connectivity index (χ0v) is 9.98. The second-order valence-corrected chi connectivity index (χ2v) is 3.76. The third-order valence-electron chi connectivity index (χ3n) is 2.30. The van der Waals surface area contributed by atoms with E-state index in [9.17, 15) is 0 Å². The minimum atomic E-state index is -0.334. The van der Waals surface area contributed by atoms with E-state index in [1.54, 1.807) is 6.92 Å².